The van der Waals surface area contributed by atoms with Crippen molar-refractivity contribution in [3.8, 4) is 0 Å². The van der Waals surface area contributed by atoms with Gasteiger partial charge in [0.1, 0.15) is 6.72 Å². The van der Waals surface area contributed by atoms with Crippen LogP contribution in [0.25, 0.3) is 0 Å². The monoisotopic (exact) mass is 193 g/mol. The first-order valence-electron chi connectivity index (χ1n) is 3.81. The molecule has 1 unspecified atom stereocenters. The molecule has 1 aliphatic carbocycles. The minimum absolute atomic E-state index is 0.118. The van der Waals surface area contributed by atoms with Crippen LogP contribution in [-0.2, 0) is 20.9 Å². The summed E-state index contributed by atoms with van der Waals surface area (Å²) in [6, 6.07) is 0. The van der Waals surface area contributed by atoms with Gasteiger partial charge in [-0.15, -0.1) is 0 Å². The van der Waals surface area contributed by atoms with Gasteiger partial charge in [0.25, 0.3) is 0 Å². The lowest BCUT2D eigenvalue weighted by Crippen LogP contribution is -2.30. The highest BCUT2D eigenvalue weighted by molar-refractivity contribution is 8.06. The zero-order chi connectivity index (χ0) is 7.90. The molecule has 0 aromatic rings. The fourth-order valence-electron chi connectivity index (χ4n) is 1.72. The molecule has 0 aromatic carbocycles. The highest BCUT2D eigenvalue weighted by Crippen LogP contribution is 2.50. The Kier molecular flexibility index (Phi) is 2.06. The van der Waals surface area contributed by atoms with Crippen molar-refractivity contribution in [3.05, 3.63) is 0 Å². The van der Waals surface area contributed by atoms with Gasteiger partial charge >= 0.3 is 0 Å². The van der Waals surface area contributed by atoms with Crippen LogP contribution in [0.4, 0.5) is 0 Å². The largest absolute Gasteiger partial charge is 0.780 e. The minimum Gasteiger partial charge on any atom is -0.780 e. The molecule has 0 N–H and O–H groups in total. The molecule has 2 aliphatic rings. The molecule has 1 heterocycles. The Hall–Kier alpha value is 0.530. The van der Waals surface area contributed by atoms with Crippen molar-refractivity contribution >= 4 is 18.5 Å². The lowest BCUT2D eigenvalue weighted by Gasteiger charge is -2.38. The van der Waals surface area contributed by atoms with Crippen LogP contribution in [0.2, 0.25) is 0 Å². The van der Waals surface area contributed by atoms with E-state index in [1.807, 2.05) is 0 Å². The first kappa shape index (κ1) is 8.14. The average molecular weight is 193 g/mol. The van der Waals surface area contributed by atoms with E-state index in [0.717, 1.165) is 19.3 Å². The van der Waals surface area contributed by atoms with E-state index in [1.54, 1.807) is 0 Å². The highest BCUT2D eigenvalue weighted by atomic mass is 32.5. The Balaban J connectivity index is 2.08. The summed E-state index contributed by atoms with van der Waals surface area (Å²) in [5.41, 5.74) is 0. The summed E-state index contributed by atoms with van der Waals surface area (Å²) in [6.45, 7) is -2.54. The Morgan fingerprint density at radius 3 is 3.09 bits per heavy atom. The molecule has 0 aromatic heterocycles. The Morgan fingerprint density at radius 1 is 1.45 bits per heavy atom. The number of hydrogen-bond acceptors (Lipinski definition) is 4. The van der Waals surface area contributed by atoms with Crippen LogP contribution in [0.5, 0.6) is 0 Å². The van der Waals surface area contributed by atoms with E-state index in [1.165, 1.54) is 0 Å². The van der Waals surface area contributed by atoms with Crippen molar-refractivity contribution in [2.24, 2.45) is 5.92 Å². The normalized spacial score (nSPS) is 50.6. The van der Waals surface area contributed by atoms with Crippen molar-refractivity contribution < 1.29 is 13.9 Å². The third-order valence-corrected chi connectivity index (χ3v) is 3.87. The molecule has 3 atom stereocenters. The molecule has 1 saturated carbocycles. The lowest BCUT2D eigenvalue weighted by atomic mass is 10.1. The van der Waals surface area contributed by atoms with Crippen molar-refractivity contribution in [1.82, 2.24) is 0 Å². The summed E-state index contributed by atoms with van der Waals surface area (Å²) in [5, 5.41) is 0. The van der Waals surface area contributed by atoms with Gasteiger partial charge in [-0.05, 0) is 12.8 Å². The molecule has 1 saturated heterocycles. The van der Waals surface area contributed by atoms with Crippen LogP contribution in [0.15, 0.2) is 0 Å². The molecule has 0 spiro atoms. The highest BCUT2D eigenvalue weighted by Gasteiger charge is 2.34. The summed E-state index contributed by atoms with van der Waals surface area (Å²) < 4.78 is 10.1. The summed E-state index contributed by atoms with van der Waals surface area (Å²) in [4.78, 5) is 11.1. The van der Waals surface area contributed by atoms with E-state index in [0.29, 0.717) is 12.5 Å². The lowest BCUT2D eigenvalue weighted by molar-refractivity contribution is -0.221. The van der Waals surface area contributed by atoms with Crippen molar-refractivity contribution in [1.29, 1.82) is 0 Å². The Bertz CT molecular complexity index is 208. The van der Waals surface area contributed by atoms with E-state index in [4.69, 9.17) is 9.05 Å². The van der Waals surface area contributed by atoms with Gasteiger partial charge in [0, 0.05) is 5.92 Å². The van der Waals surface area contributed by atoms with E-state index in [9.17, 15) is 4.89 Å². The maximum absolute atomic E-state index is 11.1. The SMILES string of the molecule is [O-]P1(=S)OC[C@H]2CCC[C@H]2O1. The predicted octanol–water partition coefficient (Wildman–Crippen LogP) is 0.787. The summed E-state index contributed by atoms with van der Waals surface area (Å²) >= 11 is 4.63. The zero-order valence-corrected chi connectivity index (χ0v) is 7.77. The maximum Gasteiger partial charge on any atom is 0.115 e. The fourth-order valence-corrected chi connectivity index (χ4v) is 3.27. The first-order valence-corrected chi connectivity index (χ1v) is 6.37. The van der Waals surface area contributed by atoms with Crippen LogP contribution in [0, 0.1) is 5.92 Å². The number of hydrogen-bond donors (Lipinski definition) is 0. The zero-order valence-electron chi connectivity index (χ0n) is 6.06. The van der Waals surface area contributed by atoms with Gasteiger partial charge in [0.15, 0.2) is 0 Å². The van der Waals surface area contributed by atoms with Crippen LogP contribution < -0.4 is 4.89 Å². The van der Waals surface area contributed by atoms with Crippen molar-refractivity contribution in [2.45, 2.75) is 25.4 Å². The summed E-state index contributed by atoms with van der Waals surface area (Å²) in [6.07, 6.45) is 3.38. The molecular weight excluding hydrogens is 183 g/mol. The van der Waals surface area contributed by atoms with Gasteiger partial charge < -0.3 is 13.9 Å². The first-order chi connectivity index (χ1) is 5.17. The second-order valence-corrected chi connectivity index (χ2v) is 5.78. The van der Waals surface area contributed by atoms with E-state index in [2.05, 4.69) is 11.8 Å². The average Bonchev–Trinajstić information content (AvgIpc) is 2.31. The molecule has 11 heavy (non-hydrogen) atoms. The maximum atomic E-state index is 11.1. The molecule has 2 rings (SSSR count). The van der Waals surface area contributed by atoms with Crippen LogP contribution in [0.1, 0.15) is 19.3 Å². The van der Waals surface area contributed by atoms with E-state index >= 15 is 0 Å². The third-order valence-electron chi connectivity index (χ3n) is 2.30. The second-order valence-electron chi connectivity index (χ2n) is 3.08. The quantitative estimate of drug-likeness (QED) is 0.533. The van der Waals surface area contributed by atoms with E-state index < -0.39 is 6.72 Å². The molecule has 0 amide bonds. The molecule has 3 nitrogen and oxygen atoms in total. The molecule has 1 aliphatic heterocycles. The molecule has 5 heteroatoms. The smallest absolute Gasteiger partial charge is 0.115 e. The summed E-state index contributed by atoms with van der Waals surface area (Å²) in [7, 11) is 0. The fraction of sp³-hybridized carbons (Fsp3) is 1.00. The second kappa shape index (κ2) is 2.79. The van der Waals surface area contributed by atoms with Gasteiger partial charge in [-0.1, -0.05) is 18.2 Å². The van der Waals surface area contributed by atoms with Gasteiger partial charge in [-0.2, -0.15) is 0 Å². The van der Waals surface area contributed by atoms with E-state index in [-0.39, 0.29) is 6.10 Å². The standard InChI is InChI=1S/C6H11O3PS/c7-10(11)8-4-5-2-1-3-6(5)9-10/h5-6H,1-4H2,(H,7,11)/p-1/t5-,6-,10?/m1/s1. The van der Waals surface area contributed by atoms with Crippen LogP contribution in [0.3, 0.4) is 0 Å². The van der Waals surface area contributed by atoms with Crippen molar-refractivity contribution in [3.63, 3.8) is 0 Å². The van der Waals surface area contributed by atoms with Crippen LogP contribution in [-0.4, -0.2) is 12.7 Å². The molecule has 0 radical (unpaired) electrons. The van der Waals surface area contributed by atoms with Crippen LogP contribution >= 0.6 is 6.72 Å². The molecule has 0 bridgehead atoms. The predicted molar refractivity (Wildman–Crippen MR) is 42.5 cm³/mol. The van der Waals surface area contributed by atoms with Gasteiger partial charge in [0.05, 0.1) is 12.7 Å². The Morgan fingerprint density at radius 2 is 2.27 bits per heavy atom. The van der Waals surface area contributed by atoms with Gasteiger partial charge in [-0.25, -0.2) is 0 Å². The van der Waals surface area contributed by atoms with Crippen molar-refractivity contribution in [2.75, 3.05) is 6.61 Å². The van der Waals surface area contributed by atoms with Gasteiger partial charge in [-0.3, -0.25) is 0 Å². The number of fused-ring (bicyclic) bond motifs is 1. The number of rotatable bonds is 0. The molecule has 64 valence electrons. The van der Waals surface area contributed by atoms with Gasteiger partial charge in [0.2, 0.25) is 0 Å². The minimum atomic E-state index is -3.07. The molecular formula is C6H10O3PS-. The topological polar surface area (TPSA) is 41.5 Å². The third kappa shape index (κ3) is 1.65. The molecule has 2 fully saturated rings. The Labute approximate surface area is 71.0 Å². The summed E-state index contributed by atoms with van der Waals surface area (Å²) in [5.74, 6) is 0.444.